The molecule has 0 saturated heterocycles. The predicted molar refractivity (Wildman–Crippen MR) is 96.4 cm³/mol. The number of carbonyl (C=O) groups is 1. The van der Waals surface area contributed by atoms with Crippen LogP contribution in [0, 0.1) is 0 Å². The lowest BCUT2D eigenvalue weighted by Crippen LogP contribution is -2.25. The minimum absolute atomic E-state index is 0.185. The molecule has 1 amide bonds. The van der Waals surface area contributed by atoms with Crippen molar-refractivity contribution in [3.05, 3.63) is 82.0 Å². The van der Waals surface area contributed by atoms with E-state index < -0.39 is 0 Å². The molecule has 0 aliphatic rings. The Labute approximate surface area is 150 Å². The van der Waals surface area contributed by atoms with Gasteiger partial charge in [-0.3, -0.25) is 4.79 Å². The van der Waals surface area contributed by atoms with Crippen LogP contribution in [0.5, 0.6) is 0 Å². The Hall–Kier alpha value is -2.23. The molecule has 0 bridgehead atoms. The minimum Gasteiger partial charge on any atom is -0.451 e. The van der Waals surface area contributed by atoms with Crippen LogP contribution in [0.2, 0.25) is 10.0 Å². The van der Waals surface area contributed by atoms with Crippen LogP contribution in [0.3, 0.4) is 0 Å². The molecule has 24 heavy (non-hydrogen) atoms. The van der Waals surface area contributed by atoms with Gasteiger partial charge in [-0.25, -0.2) is 0 Å². The Morgan fingerprint density at radius 3 is 2.46 bits per heavy atom. The third-order valence-corrected chi connectivity index (χ3v) is 4.09. The number of nitrogens with zero attached hydrogens (tertiary/aromatic N) is 1. The van der Waals surface area contributed by atoms with Gasteiger partial charge in [0.1, 0.15) is 5.76 Å². The van der Waals surface area contributed by atoms with Crippen LogP contribution < -0.4 is 0 Å². The molecule has 3 rings (SSSR count). The number of hydrogen-bond acceptors (Lipinski definition) is 2. The summed E-state index contributed by atoms with van der Waals surface area (Å²) in [6.07, 6.45) is 0. The Bertz CT molecular complexity index is 856. The number of hydrogen-bond donors (Lipinski definition) is 0. The first-order chi connectivity index (χ1) is 11.5. The molecule has 1 aromatic heterocycles. The normalized spacial score (nSPS) is 10.6. The summed E-state index contributed by atoms with van der Waals surface area (Å²) in [5.74, 6) is 0.742. The summed E-state index contributed by atoms with van der Waals surface area (Å²) < 4.78 is 5.69. The summed E-state index contributed by atoms with van der Waals surface area (Å²) in [7, 11) is 1.73. The van der Waals surface area contributed by atoms with Crippen molar-refractivity contribution in [1.29, 1.82) is 0 Å². The van der Waals surface area contributed by atoms with Gasteiger partial charge in [-0.15, -0.1) is 0 Å². The van der Waals surface area contributed by atoms with Crippen LogP contribution in [0.15, 0.2) is 65.1 Å². The van der Waals surface area contributed by atoms with Gasteiger partial charge in [0.05, 0.1) is 0 Å². The van der Waals surface area contributed by atoms with E-state index in [1.807, 2.05) is 30.3 Å². The van der Waals surface area contributed by atoms with Crippen LogP contribution in [0.1, 0.15) is 16.1 Å². The summed E-state index contributed by atoms with van der Waals surface area (Å²) >= 11 is 11.9. The van der Waals surface area contributed by atoms with Crippen molar-refractivity contribution in [2.75, 3.05) is 7.05 Å². The predicted octanol–water partition coefficient (Wildman–Crippen LogP) is 5.53. The zero-order valence-electron chi connectivity index (χ0n) is 13.0. The van der Waals surface area contributed by atoms with Crippen LogP contribution >= 0.6 is 23.2 Å². The van der Waals surface area contributed by atoms with E-state index in [2.05, 4.69) is 0 Å². The number of benzene rings is 2. The van der Waals surface area contributed by atoms with Crippen molar-refractivity contribution >= 4 is 29.1 Å². The van der Waals surface area contributed by atoms with Gasteiger partial charge < -0.3 is 9.32 Å². The van der Waals surface area contributed by atoms with E-state index in [1.165, 1.54) is 0 Å². The fourth-order valence-corrected chi connectivity index (χ4v) is 2.73. The van der Waals surface area contributed by atoms with E-state index in [9.17, 15) is 4.79 Å². The molecule has 0 radical (unpaired) electrons. The van der Waals surface area contributed by atoms with Crippen molar-refractivity contribution in [3.8, 4) is 11.3 Å². The van der Waals surface area contributed by atoms with Crippen LogP contribution in [-0.4, -0.2) is 17.9 Å². The molecular formula is C19H15Cl2NO2. The quantitative estimate of drug-likeness (QED) is 0.613. The topological polar surface area (TPSA) is 33.5 Å². The molecule has 0 aliphatic carbocycles. The number of furan rings is 1. The van der Waals surface area contributed by atoms with Gasteiger partial charge in [0.25, 0.3) is 5.91 Å². The van der Waals surface area contributed by atoms with Gasteiger partial charge in [-0.1, -0.05) is 35.3 Å². The first-order valence-electron chi connectivity index (χ1n) is 7.38. The summed E-state index contributed by atoms with van der Waals surface area (Å²) in [6.45, 7) is 0.455. The highest BCUT2D eigenvalue weighted by atomic mass is 35.5. The van der Waals surface area contributed by atoms with Crippen LogP contribution in [0.25, 0.3) is 11.3 Å². The Morgan fingerprint density at radius 1 is 1.00 bits per heavy atom. The van der Waals surface area contributed by atoms with Crippen molar-refractivity contribution in [3.63, 3.8) is 0 Å². The Balaban J connectivity index is 1.74. The fraction of sp³-hybridized carbons (Fsp3) is 0.105. The molecule has 122 valence electrons. The van der Waals surface area contributed by atoms with E-state index in [0.717, 1.165) is 11.1 Å². The number of halogens is 2. The second-order valence-corrected chi connectivity index (χ2v) is 6.33. The molecule has 0 atom stereocenters. The second-order valence-electron chi connectivity index (χ2n) is 5.46. The molecule has 5 heteroatoms. The van der Waals surface area contributed by atoms with Crippen molar-refractivity contribution in [2.45, 2.75) is 6.54 Å². The molecule has 0 N–H and O–H groups in total. The van der Waals surface area contributed by atoms with Gasteiger partial charge >= 0.3 is 0 Å². The SMILES string of the molecule is CN(Cc1cccc(Cl)c1)C(=O)c1ccc(-c2ccc(Cl)cc2)o1. The molecule has 1 heterocycles. The summed E-state index contributed by atoms with van der Waals surface area (Å²) in [6, 6.07) is 18.2. The van der Waals surface area contributed by atoms with Crippen molar-refractivity contribution < 1.29 is 9.21 Å². The average Bonchev–Trinajstić information content (AvgIpc) is 3.04. The lowest BCUT2D eigenvalue weighted by atomic mass is 10.2. The van der Waals surface area contributed by atoms with Gasteiger partial charge in [-0.2, -0.15) is 0 Å². The number of rotatable bonds is 4. The molecule has 3 aromatic rings. The van der Waals surface area contributed by atoms with E-state index in [-0.39, 0.29) is 5.91 Å². The highest BCUT2D eigenvalue weighted by Crippen LogP contribution is 2.24. The fourth-order valence-electron chi connectivity index (χ4n) is 2.39. The third kappa shape index (κ3) is 3.81. The van der Waals surface area contributed by atoms with Crippen LogP contribution in [0.4, 0.5) is 0 Å². The lowest BCUT2D eigenvalue weighted by Gasteiger charge is -2.16. The largest absolute Gasteiger partial charge is 0.451 e. The Kier molecular flexibility index (Phi) is 4.93. The highest BCUT2D eigenvalue weighted by Gasteiger charge is 2.17. The maximum absolute atomic E-state index is 12.5. The van der Waals surface area contributed by atoms with Crippen LogP contribution in [-0.2, 0) is 6.54 Å². The zero-order valence-corrected chi connectivity index (χ0v) is 14.5. The standard InChI is InChI=1S/C19H15Cl2NO2/c1-22(12-13-3-2-4-16(21)11-13)19(23)18-10-9-17(24-18)14-5-7-15(20)8-6-14/h2-11H,12H2,1H3. The summed E-state index contributed by atoms with van der Waals surface area (Å²) in [5, 5.41) is 1.30. The maximum atomic E-state index is 12.5. The molecule has 0 unspecified atom stereocenters. The van der Waals surface area contributed by atoms with E-state index in [1.54, 1.807) is 42.3 Å². The molecule has 0 fully saturated rings. The minimum atomic E-state index is -0.185. The van der Waals surface area contributed by atoms with Gasteiger partial charge in [0.2, 0.25) is 0 Å². The van der Waals surface area contributed by atoms with Gasteiger partial charge in [-0.05, 0) is 54.1 Å². The smallest absolute Gasteiger partial charge is 0.289 e. The first-order valence-corrected chi connectivity index (χ1v) is 8.14. The molecule has 2 aromatic carbocycles. The van der Waals surface area contributed by atoms with Crippen molar-refractivity contribution in [1.82, 2.24) is 4.90 Å². The van der Waals surface area contributed by atoms with Gasteiger partial charge in [0, 0.05) is 29.2 Å². The maximum Gasteiger partial charge on any atom is 0.289 e. The van der Waals surface area contributed by atoms with E-state index in [4.69, 9.17) is 27.6 Å². The van der Waals surface area contributed by atoms with Crippen molar-refractivity contribution in [2.24, 2.45) is 0 Å². The summed E-state index contributed by atoms with van der Waals surface area (Å²) in [5.41, 5.74) is 1.83. The molecule has 0 spiro atoms. The highest BCUT2D eigenvalue weighted by molar-refractivity contribution is 6.30. The zero-order chi connectivity index (χ0) is 17.1. The number of carbonyl (C=O) groups excluding carboxylic acids is 1. The van der Waals surface area contributed by atoms with Gasteiger partial charge in [0.15, 0.2) is 5.76 Å². The van der Waals surface area contributed by atoms with E-state index >= 15 is 0 Å². The second kappa shape index (κ2) is 7.12. The average molecular weight is 360 g/mol. The molecule has 0 saturated carbocycles. The summed E-state index contributed by atoms with van der Waals surface area (Å²) in [4.78, 5) is 14.1. The Morgan fingerprint density at radius 2 is 1.75 bits per heavy atom. The monoisotopic (exact) mass is 359 g/mol. The van der Waals surface area contributed by atoms with E-state index in [0.29, 0.717) is 28.1 Å². The lowest BCUT2D eigenvalue weighted by molar-refractivity contribution is 0.0754. The first kappa shape index (κ1) is 16.6. The number of amides is 1. The molecular weight excluding hydrogens is 345 g/mol. The third-order valence-electron chi connectivity index (χ3n) is 3.60. The molecule has 3 nitrogen and oxygen atoms in total. The molecule has 0 aliphatic heterocycles.